The van der Waals surface area contributed by atoms with E-state index < -0.39 is 10.2 Å². The lowest BCUT2D eigenvalue weighted by atomic mass is 9.98. The van der Waals surface area contributed by atoms with Crippen molar-refractivity contribution in [3.8, 4) is 0 Å². The first-order chi connectivity index (χ1) is 8.56. The maximum absolute atomic E-state index is 12.4. The molecule has 0 atom stereocenters. The number of nitrogens with zero attached hydrogens (tertiary/aromatic N) is 2. The molecule has 1 aliphatic heterocycles. The van der Waals surface area contributed by atoms with E-state index in [9.17, 15) is 8.42 Å². The summed E-state index contributed by atoms with van der Waals surface area (Å²) in [6.07, 6.45) is 2.79. The molecule has 0 aliphatic carbocycles. The van der Waals surface area contributed by atoms with Gasteiger partial charge in [0, 0.05) is 26.2 Å². The van der Waals surface area contributed by atoms with E-state index >= 15 is 0 Å². The van der Waals surface area contributed by atoms with Crippen molar-refractivity contribution in [3.63, 3.8) is 0 Å². The van der Waals surface area contributed by atoms with Gasteiger partial charge in [-0.2, -0.15) is 17.0 Å². The maximum atomic E-state index is 12.4. The highest BCUT2D eigenvalue weighted by Gasteiger charge is 2.31. The molecule has 0 amide bonds. The van der Waals surface area contributed by atoms with Crippen molar-refractivity contribution in [1.82, 2.24) is 13.9 Å². The number of hydrogen-bond donors (Lipinski definition) is 1. The van der Waals surface area contributed by atoms with Gasteiger partial charge in [-0.05, 0) is 38.8 Å². The van der Waals surface area contributed by atoms with Crippen LogP contribution in [0.2, 0.25) is 0 Å². The van der Waals surface area contributed by atoms with E-state index in [1.165, 1.54) is 0 Å². The molecule has 1 N–H and O–H groups in total. The Morgan fingerprint density at radius 1 is 1.28 bits per heavy atom. The molecule has 1 aliphatic rings. The molecule has 108 valence electrons. The summed E-state index contributed by atoms with van der Waals surface area (Å²) >= 11 is 0. The molecule has 0 aromatic carbocycles. The first kappa shape index (κ1) is 15.9. The fourth-order valence-electron chi connectivity index (χ4n) is 2.48. The molecule has 0 radical (unpaired) electrons. The Labute approximate surface area is 112 Å². The van der Waals surface area contributed by atoms with Gasteiger partial charge in [0.2, 0.25) is 0 Å². The standard InChI is InChI=1S/C12H27N3O2S/c1-4-8-14(5-2)18(16,17)15-9-6-12(7-10-15)11-13-3/h12-13H,4-11H2,1-3H3. The molecular formula is C12H27N3O2S. The molecule has 1 saturated heterocycles. The van der Waals surface area contributed by atoms with Crippen LogP contribution in [0.3, 0.4) is 0 Å². The van der Waals surface area contributed by atoms with Crippen LogP contribution in [0.25, 0.3) is 0 Å². The van der Waals surface area contributed by atoms with Crippen LogP contribution in [0.5, 0.6) is 0 Å². The quantitative estimate of drug-likeness (QED) is 0.752. The first-order valence-corrected chi connectivity index (χ1v) is 8.35. The van der Waals surface area contributed by atoms with Crippen molar-refractivity contribution in [2.24, 2.45) is 5.92 Å². The van der Waals surface area contributed by atoms with Crippen LogP contribution >= 0.6 is 0 Å². The van der Waals surface area contributed by atoms with Crippen molar-refractivity contribution >= 4 is 10.2 Å². The maximum Gasteiger partial charge on any atom is 0.281 e. The summed E-state index contributed by atoms with van der Waals surface area (Å²) < 4.78 is 28.1. The van der Waals surface area contributed by atoms with Crippen molar-refractivity contribution in [2.45, 2.75) is 33.1 Å². The van der Waals surface area contributed by atoms with Crippen LogP contribution in [-0.2, 0) is 10.2 Å². The predicted octanol–water partition coefficient (Wildman–Crippen LogP) is 0.895. The highest BCUT2D eigenvalue weighted by Crippen LogP contribution is 2.20. The summed E-state index contributed by atoms with van der Waals surface area (Å²) in [4.78, 5) is 0. The fraction of sp³-hybridized carbons (Fsp3) is 1.00. The lowest BCUT2D eigenvalue weighted by Gasteiger charge is -2.34. The minimum Gasteiger partial charge on any atom is -0.319 e. The average molecular weight is 277 g/mol. The molecule has 5 nitrogen and oxygen atoms in total. The molecular weight excluding hydrogens is 250 g/mol. The summed E-state index contributed by atoms with van der Waals surface area (Å²) in [5, 5.41) is 3.17. The topological polar surface area (TPSA) is 52.7 Å². The molecule has 0 unspecified atom stereocenters. The van der Waals surface area contributed by atoms with E-state index in [2.05, 4.69) is 5.32 Å². The second kappa shape index (κ2) is 7.43. The van der Waals surface area contributed by atoms with Gasteiger partial charge in [-0.1, -0.05) is 13.8 Å². The number of piperidine rings is 1. The van der Waals surface area contributed by atoms with Gasteiger partial charge in [0.05, 0.1) is 0 Å². The van der Waals surface area contributed by atoms with Gasteiger partial charge < -0.3 is 5.32 Å². The summed E-state index contributed by atoms with van der Waals surface area (Å²) in [6, 6.07) is 0. The Bertz CT molecular complexity index is 324. The SMILES string of the molecule is CCCN(CC)S(=O)(=O)N1CCC(CNC)CC1. The van der Waals surface area contributed by atoms with Gasteiger partial charge in [-0.25, -0.2) is 0 Å². The largest absolute Gasteiger partial charge is 0.319 e. The lowest BCUT2D eigenvalue weighted by molar-refractivity contribution is 0.252. The van der Waals surface area contributed by atoms with Gasteiger partial charge in [-0.15, -0.1) is 0 Å². The van der Waals surface area contributed by atoms with E-state index in [0.29, 0.717) is 32.1 Å². The van der Waals surface area contributed by atoms with Crippen LogP contribution < -0.4 is 5.32 Å². The van der Waals surface area contributed by atoms with Crippen LogP contribution in [0.4, 0.5) is 0 Å². The van der Waals surface area contributed by atoms with Gasteiger partial charge in [0.15, 0.2) is 0 Å². The highest BCUT2D eigenvalue weighted by atomic mass is 32.2. The van der Waals surface area contributed by atoms with Gasteiger partial charge in [0.1, 0.15) is 0 Å². The average Bonchev–Trinajstić information content (AvgIpc) is 2.36. The second-order valence-corrected chi connectivity index (χ2v) is 6.83. The zero-order valence-corrected chi connectivity index (χ0v) is 12.7. The minimum absolute atomic E-state index is 0.562. The van der Waals surface area contributed by atoms with Crippen LogP contribution in [0.15, 0.2) is 0 Å². The van der Waals surface area contributed by atoms with Gasteiger partial charge in [-0.3, -0.25) is 0 Å². The third-order valence-electron chi connectivity index (χ3n) is 3.54. The van der Waals surface area contributed by atoms with Crippen LogP contribution in [-0.4, -0.2) is 56.8 Å². The summed E-state index contributed by atoms with van der Waals surface area (Å²) in [5.74, 6) is 0.614. The van der Waals surface area contributed by atoms with E-state index in [1.54, 1.807) is 8.61 Å². The zero-order chi connectivity index (χ0) is 13.6. The smallest absolute Gasteiger partial charge is 0.281 e. The molecule has 0 saturated carbocycles. The Kier molecular flexibility index (Phi) is 6.55. The number of hydrogen-bond acceptors (Lipinski definition) is 3. The fourth-order valence-corrected chi connectivity index (χ4v) is 4.22. The first-order valence-electron chi connectivity index (χ1n) is 6.96. The Balaban J connectivity index is 2.59. The van der Waals surface area contributed by atoms with E-state index in [0.717, 1.165) is 25.8 Å². The monoisotopic (exact) mass is 277 g/mol. The molecule has 0 spiro atoms. The van der Waals surface area contributed by atoms with Gasteiger partial charge in [0.25, 0.3) is 10.2 Å². The molecule has 6 heteroatoms. The van der Waals surface area contributed by atoms with Crippen molar-refractivity contribution in [3.05, 3.63) is 0 Å². The lowest BCUT2D eigenvalue weighted by Crippen LogP contribution is -2.48. The zero-order valence-electron chi connectivity index (χ0n) is 11.9. The van der Waals surface area contributed by atoms with Crippen molar-refractivity contribution < 1.29 is 8.42 Å². The number of nitrogens with one attached hydrogen (secondary N) is 1. The molecule has 0 bridgehead atoms. The summed E-state index contributed by atoms with van der Waals surface area (Å²) in [5.41, 5.74) is 0. The normalized spacial score (nSPS) is 19.6. The Morgan fingerprint density at radius 2 is 1.89 bits per heavy atom. The predicted molar refractivity (Wildman–Crippen MR) is 74.7 cm³/mol. The van der Waals surface area contributed by atoms with Crippen LogP contribution in [0, 0.1) is 5.92 Å². The molecule has 0 aromatic heterocycles. The Morgan fingerprint density at radius 3 is 2.33 bits per heavy atom. The van der Waals surface area contributed by atoms with E-state index in [4.69, 9.17) is 0 Å². The minimum atomic E-state index is -3.23. The van der Waals surface area contributed by atoms with Crippen LogP contribution in [0.1, 0.15) is 33.1 Å². The van der Waals surface area contributed by atoms with Crippen molar-refractivity contribution in [1.29, 1.82) is 0 Å². The second-order valence-electron chi connectivity index (χ2n) is 4.90. The molecule has 1 rings (SSSR count). The van der Waals surface area contributed by atoms with Gasteiger partial charge >= 0.3 is 0 Å². The Hall–Kier alpha value is -0.170. The van der Waals surface area contributed by atoms with E-state index in [1.807, 2.05) is 20.9 Å². The highest BCUT2D eigenvalue weighted by molar-refractivity contribution is 7.86. The van der Waals surface area contributed by atoms with E-state index in [-0.39, 0.29) is 0 Å². The summed E-state index contributed by atoms with van der Waals surface area (Å²) in [6.45, 7) is 7.41. The summed E-state index contributed by atoms with van der Waals surface area (Å²) in [7, 11) is -1.28. The molecule has 1 fully saturated rings. The number of rotatable bonds is 7. The molecule has 1 heterocycles. The third kappa shape index (κ3) is 3.91. The van der Waals surface area contributed by atoms with Crippen molar-refractivity contribution in [2.75, 3.05) is 39.8 Å². The molecule has 18 heavy (non-hydrogen) atoms. The molecule has 0 aromatic rings. The third-order valence-corrected chi connectivity index (χ3v) is 5.66.